The Hall–Kier alpha value is -4.19. The van der Waals surface area contributed by atoms with Crippen molar-refractivity contribution in [2.45, 2.75) is 0 Å². The smallest absolute Gasteiger partial charge is 0.269 e. The lowest BCUT2D eigenvalue weighted by molar-refractivity contribution is 0.0925. The zero-order valence-electron chi connectivity index (χ0n) is 15.2. The molecule has 0 radical (unpaired) electrons. The van der Waals surface area contributed by atoms with E-state index in [1.807, 2.05) is 48.6 Å². The largest absolute Gasteiger partial charge is 0.507 e. The van der Waals surface area contributed by atoms with E-state index in [2.05, 4.69) is 10.2 Å². The maximum Gasteiger partial charge on any atom is 0.269 e. The maximum absolute atomic E-state index is 12.9. The van der Waals surface area contributed by atoms with E-state index in [-0.39, 0.29) is 16.9 Å². The molecule has 2 N–H and O–H groups in total. The Morgan fingerprint density at radius 2 is 1.66 bits per heavy atom. The number of carbonyl (C=O) groups is 2. The van der Waals surface area contributed by atoms with E-state index in [9.17, 15) is 14.7 Å². The Balaban J connectivity index is 1.57. The van der Waals surface area contributed by atoms with Gasteiger partial charge in [-0.15, -0.1) is 0 Å². The van der Waals surface area contributed by atoms with Crippen molar-refractivity contribution >= 4 is 40.6 Å². The summed E-state index contributed by atoms with van der Waals surface area (Å²) in [5, 5.41) is 18.3. The third kappa shape index (κ3) is 2.62. The molecule has 6 heteroatoms. The molecule has 2 amide bonds. The first-order chi connectivity index (χ1) is 14.1. The zero-order chi connectivity index (χ0) is 20.0. The van der Waals surface area contributed by atoms with Crippen LogP contribution in [0.4, 0.5) is 5.69 Å². The second-order valence-corrected chi connectivity index (χ2v) is 6.69. The highest BCUT2D eigenvalue weighted by atomic mass is 16.3. The van der Waals surface area contributed by atoms with Gasteiger partial charge in [-0.25, -0.2) is 4.90 Å². The number of aromatic amines is 1. The number of H-pyrrole nitrogens is 1. The summed E-state index contributed by atoms with van der Waals surface area (Å²) in [6.45, 7) is 0. The number of nitrogens with one attached hydrogen (secondary N) is 1. The minimum Gasteiger partial charge on any atom is -0.507 e. The molecular formula is C23H15N3O3. The predicted molar refractivity (Wildman–Crippen MR) is 111 cm³/mol. The molecular weight excluding hydrogens is 366 g/mol. The number of carbonyl (C=O) groups excluding carboxylic acids is 2. The van der Waals surface area contributed by atoms with E-state index in [0.717, 1.165) is 21.5 Å². The molecule has 5 rings (SSSR count). The number of rotatable bonds is 3. The molecule has 1 aliphatic rings. The van der Waals surface area contributed by atoms with Gasteiger partial charge in [-0.1, -0.05) is 48.5 Å². The van der Waals surface area contributed by atoms with Crippen LogP contribution in [0.3, 0.4) is 0 Å². The minimum atomic E-state index is -0.533. The average molecular weight is 381 g/mol. The molecule has 6 nitrogen and oxygen atoms in total. The fourth-order valence-corrected chi connectivity index (χ4v) is 3.60. The summed E-state index contributed by atoms with van der Waals surface area (Å²) in [5.41, 5.74) is 3.07. The maximum atomic E-state index is 12.9. The van der Waals surface area contributed by atoms with Crippen LogP contribution in [0.5, 0.6) is 5.75 Å². The molecule has 140 valence electrons. The Morgan fingerprint density at radius 1 is 0.862 bits per heavy atom. The van der Waals surface area contributed by atoms with Crippen LogP contribution in [0.1, 0.15) is 32.0 Å². The van der Waals surface area contributed by atoms with E-state index in [0.29, 0.717) is 11.3 Å². The Morgan fingerprint density at radius 3 is 2.52 bits per heavy atom. The predicted octanol–water partition coefficient (Wildman–Crippen LogP) is 4.24. The van der Waals surface area contributed by atoms with Gasteiger partial charge in [0.05, 0.1) is 28.0 Å². The Kier molecular flexibility index (Phi) is 3.77. The molecule has 1 aromatic heterocycles. The van der Waals surface area contributed by atoms with Gasteiger partial charge in [-0.3, -0.25) is 14.7 Å². The number of imide groups is 1. The summed E-state index contributed by atoms with van der Waals surface area (Å²) in [6, 6.07) is 19.4. The fraction of sp³-hybridized carbons (Fsp3) is 0. The summed E-state index contributed by atoms with van der Waals surface area (Å²) in [5.74, 6) is -1.18. The molecule has 0 atom stereocenters. The van der Waals surface area contributed by atoms with Gasteiger partial charge in [-0.2, -0.15) is 5.10 Å². The van der Waals surface area contributed by atoms with Crippen LogP contribution >= 0.6 is 0 Å². The van der Waals surface area contributed by atoms with E-state index in [4.69, 9.17) is 0 Å². The first-order valence-corrected chi connectivity index (χ1v) is 9.06. The van der Waals surface area contributed by atoms with Gasteiger partial charge >= 0.3 is 0 Å². The van der Waals surface area contributed by atoms with Crippen molar-refractivity contribution in [2.24, 2.45) is 0 Å². The first kappa shape index (κ1) is 16.9. The molecule has 0 fully saturated rings. The summed E-state index contributed by atoms with van der Waals surface area (Å²) < 4.78 is 0. The monoisotopic (exact) mass is 381 g/mol. The number of aromatic hydroxyl groups is 1. The van der Waals surface area contributed by atoms with Crippen molar-refractivity contribution < 1.29 is 14.7 Å². The van der Waals surface area contributed by atoms with Crippen LogP contribution in [0, 0.1) is 0 Å². The SMILES string of the molecule is O=C1c2cccc(O)c2C(=O)N1c1ccccc1/C=C/c1n[nH]c2ccccc12. The van der Waals surface area contributed by atoms with Gasteiger partial charge in [0.1, 0.15) is 5.75 Å². The number of amides is 2. The standard InChI is InChI=1S/C23H15N3O3/c27-20-11-5-8-16-21(20)23(29)26(22(16)28)19-10-4-1-6-14(19)12-13-18-15-7-2-3-9-17(15)24-25-18/h1-13,27H,(H,24,25)/b13-12+. The number of benzene rings is 3. The summed E-state index contributed by atoms with van der Waals surface area (Å²) in [6.07, 6.45) is 3.66. The third-order valence-electron chi connectivity index (χ3n) is 4.99. The first-order valence-electron chi connectivity index (χ1n) is 9.06. The third-order valence-corrected chi connectivity index (χ3v) is 4.99. The highest BCUT2D eigenvalue weighted by molar-refractivity contribution is 6.35. The number of anilines is 1. The van der Waals surface area contributed by atoms with Gasteiger partial charge < -0.3 is 5.11 Å². The summed E-state index contributed by atoms with van der Waals surface area (Å²) in [7, 11) is 0. The molecule has 0 bridgehead atoms. The topological polar surface area (TPSA) is 86.3 Å². The number of phenols is 1. The van der Waals surface area contributed by atoms with Crippen molar-refractivity contribution in [3.63, 3.8) is 0 Å². The zero-order valence-corrected chi connectivity index (χ0v) is 15.2. The molecule has 3 aromatic carbocycles. The van der Waals surface area contributed by atoms with Crippen molar-refractivity contribution in [3.8, 4) is 5.75 Å². The van der Waals surface area contributed by atoms with Gasteiger partial charge in [0.25, 0.3) is 11.8 Å². The molecule has 0 spiro atoms. The van der Waals surface area contributed by atoms with Gasteiger partial charge in [0.2, 0.25) is 0 Å². The molecule has 0 saturated heterocycles. The lowest BCUT2D eigenvalue weighted by atomic mass is 10.1. The van der Waals surface area contributed by atoms with Crippen LogP contribution in [0.25, 0.3) is 23.1 Å². The van der Waals surface area contributed by atoms with Crippen LogP contribution in [-0.2, 0) is 0 Å². The quantitative estimate of drug-likeness (QED) is 0.520. The number of para-hydroxylation sites is 2. The van der Waals surface area contributed by atoms with Crippen molar-refractivity contribution in [1.82, 2.24) is 10.2 Å². The highest BCUT2D eigenvalue weighted by Crippen LogP contribution is 2.35. The number of aromatic nitrogens is 2. The summed E-state index contributed by atoms with van der Waals surface area (Å²) >= 11 is 0. The van der Waals surface area contributed by atoms with Crippen LogP contribution < -0.4 is 4.90 Å². The molecule has 2 heterocycles. The summed E-state index contributed by atoms with van der Waals surface area (Å²) in [4.78, 5) is 26.9. The highest BCUT2D eigenvalue weighted by Gasteiger charge is 2.39. The number of hydrogen-bond donors (Lipinski definition) is 2. The molecule has 1 aliphatic heterocycles. The van der Waals surface area contributed by atoms with Gasteiger partial charge in [-0.05, 0) is 35.9 Å². The van der Waals surface area contributed by atoms with E-state index >= 15 is 0 Å². The minimum absolute atomic E-state index is 0.0366. The number of hydrogen-bond acceptors (Lipinski definition) is 4. The number of fused-ring (bicyclic) bond motifs is 2. The second-order valence-electron chi connectivity index (χ2n) is 6.69. The van der Waals surface area contributed by atoms with Crippen LogP contribution in [0.15, 0.2) is 66.7 Å². The van der Waals surface area contributed by atoms with E-state index < -0.39 is 11.8 Å². The molecule has 29 heavy (non-hydrogen) atoms. The van der Waals surface area contributed by atoms with Crippen molar-refractivity contribution in [3.05, 3.63) is 89.1 Å². The van der Waals surface area contributed by atoms with Gasteiger partial charge in [0, 0.05) is 5.39 Å². The van der Waals surface area contributed by atoms with Crippen molar-refractivity contribution in [1.29, 1.82) is 0 Å². The average Bonchev–Trinajstić information content (AvgIpc) is 3.26. The molecule has 0 unspecified atom stereocenters. The van der Waals surface area contributed by atoms with Crippen LogP contribution in [-0.4, -0.2) is 27.1 Å². The van der Waals surface area contributed by atoms with E-state index in [1.54, 1.807) is 24.3 Å². The Bertz CT molecular complexity index is 1320. The Labute approximate surface area is 165 Å². The van der Waals surface area contributed by atoms with Crippen molar-refractivity contribution in [2.75, 3.05) is 4.90 Å². The molecule has 0 aliphatic carbocycles. The van der Waals surface area contributed by atoms with E-state index in [1.165, 1.54) is 6.07 Å². The lowest BCUT2D eigenvalue weighted by Gasteiger charge is -2.16. The van der Waals surface area contributed by atoms with Crippen LogP contribution in [0.2, 0.25) is 0 Å². The molecule has 0 saturated carbocycles. The normalized spacial score (nSPS) is 13.6. The number of nitrogens with zero attached hydrogens (tertiary/aromatic N) is 2. The lowest BCUT2D eigenvalue weighted by Crippen LogP contribution is -2.30. The fourth-order valence-electron chi connectivity index (χ4n) is 3.60. The molecule has 4 aromatic rings. The van der Waals surface area contributed by atoms with Gasteiger partial charge in [0.15, 0.2) is 0 Å². The number of phenolic OH excluding ortho intramolecular Hbond substituents is 1. The second kappa shape index (κ2) is 6.45.